The first-order valence-electron chi connectivity index (χ1n) is 4.78. The molecule has 15 heavy (non-hydrogen) atoms. The maximum absolute atomic E-state index is 9.99. The zero-order valence-electron chi connectivity index (χ0n) is 9.75. The largest absolute Gasteiger partial charge is 0.421 e. The van der Waals surface area contributed by atoms with Crippen molar-refractivity contribution in [1.29, 1.82) is 0 Å². The van der Waals surface area contributed by atoms with E-state index in [1.165, 1.54) is 0 Å². The summed E-state index contributed by atoms with van der Waals surface area (Å²) in [5.74, 6) is 6.24. The summed E-state index contributed by atoms with van der Waals surface area (Å²) < 4.78 is 5.14. The van der Waals surface area contributed by atoms with Crippen LogP contribution in [0.5, 0.6) is 0 Å². The molecule has 0 amide bonds. The van der Waals surface area contributed by atoms with Gasteiger partial charge in [-0.05, 0) is 27.7 Å². The van der Waals surface area contributed by atoms with Crippen molar-refractivity contribution in [3.05, 3.63) is 11.8 Å². The molecule has 0 aliphatic heterocycles. The van der Waals surface area contributed by atoms with E-state index in [0.29, 0.717) is 5.89 Å². The van der Waals surface area contributed by atoms with Gasteiger partial charge in [0, 0.05) is 12.3 Å². The molecule has 0 fully saturated rings. The Balaban J connectivity index is 2.97. The highest BCUT2D eigenvalue weighted by atomic mass is 16.4. The lowest BCUT2D eigenvalue weighted by atomic mass is 9.96. The minimum absolute atomic E-state index is 0.136. The fourth-order valence-electron chi connectivity index (χ4n) is 0.856. The van der Waals surface area contributed by atoms with Crippen molar-refractivity contribution in [3.8, 4) is 11.8 Å². The predicted octanol–water partition coefficient (Wildman–Crippen LogP) is 1.64. The van der Waals surface area contributed by atoms with Crippen molar-refractivity contribution < 1.29 is 9.52 Å². The van der Waals surface area contributed by atoms with E-state index in [-0.39, 0.29) is 11.3 Å². The molecule has 1 aromatic rings. The van der Waals surface area contributed by atoms with Crippen molar-refractivity contribution in [2.24, 2.45) is 5.41 Å². The van der Waals surface area contributed by atoms with Gasteiger partial charge in [0.1, 0.15) is 0 Å². The van der Waals surface area contributed by atoms with E-state index in [1.807, 2.05) is 20.8 Å². The van der Waals surface area contributed by atoms with E-state index >= 15 is 0 Å². The zero-order chi connectivity index (χ0) is 11.7. The van der Waals surface area contributed by atoms with Crippen molar-refractivity contribution in [2.75, 3.05) is 0 Å². The first-order chi connectivity index (χ1) is 6.71. The molecule has 4 nitrogen and oxygen atoms in total. The van der Waals surface area contributed by atoms with Crippen LogP contribution in [0.2, 0.25) is 0 Å². The van der Waals surface area contributed by atoms with Crippen LogP contribution in [0.1, 0.15) is 39.5 Å². The SMILES string of the molecule is Cc1nnc(C(C)(O)C#CC(C)(C)C)o1. The Morgan fingerprint density at radius 3 is 2.13 bits per heavy atom. The zero-order valence-corrected chi connectivity index (χ0v) is 9.75. The average molecular weight is 208 g/mol. The van der Waals surface area contributed by atoms with Crippen LogP contribution < -0.4 is 0 Å². The molecule has 0 aromatic carbocycles. The van der Waals surface area contributed by atoms with Gasteiger partial charge in [-0.25, -0.2) is 0 Å². The van der Waals surface area contributed by atoms with Crippen LogP contribution in [0.4, 0.5) is 0 Å². The first-order valence-corrected chi connectivity index (χ1v) is 4.78. The van der Waals surface area contributed by atoms with E-state index in [1.54, 1.807) is 13.8 Å². The number of rotatable bonds is 1. The van der Waals surface area contributed by atoms with Crippen LogP contribution in [-0.2, 0) is 5.60 Å². The lowest BCUT2D eigenvalue weighted by Gasteiger charge is -2.13. The van der Waals surface area contributed by atoms with Gasteiger partial charge in [-0.3, -0.25) is 0 Å². The highest BCUT2D eigenvalue weighted by Crippen LogP contribution is 2.19. The average Bonchev–Trinajstić information content (AvgIpc) is 2.48. The lowest BCUT2D eigenvalue weighted by Crippen LogP contribution is -2.20. The summed E-state index contributed by atoms with van der Waals surface area (Å²) >= 11 is 0. The third-order valence-corrected chi connectivity index (χ3v) is 1.62. The van der Waals surface area contributed by atoms with Gasteiger partial charge >= 0.3 is 0 Å². The van der Waals surface area contributed by atoms with Crippen LogP contribution in [-0.4, -0.2) is 15.3 Å². The van der Waals surface area contributed by atoms with Crippen molar-refractivity contribution in [2.45, 2.75) is 40.2 Å². The Hall–Kier alpha value is -1.34. The Kier molecular flexibility index (Phi) is 2.87. The van der Waals surface area contributed by atoms with Gasteiger partial charge in [0.2, 0.25) is 11.5 Å². The second kappa shape index (κ2) is 3.67. The predicted molar refractivity (Wildman–Crippen MR) is 55.8 cm³/mol. The van der Waals surface area contributed by atoms with E-state index < -0.39 is 5.60 Å². The maximum Gasteiger partial charge on any atom is 0.260 e. The summed E-state index contributed by atoms with van der Waals surface area (Å²) in [6.45, 7) is 9.11. The molecule has 82 valence electrons. The summed E-state index contributed by atoms with van der Waals surface area (Å²) in [5, 5.41) is 17.4. The summed E-state index contributed by atoms with van der Waals surface area (Å²) in [5.41, 5.74) is -1.55. The minimum atomic E-state index is -1.38. The molecule has 1 heterocycles. The third kappa shape index (κ3) is 3.37. The summed E-state index contributed by atoms with van der Waals surface area (Å²) in [6.07, 6.45) is 0. The molecule has 4 heteroatoms. The Morgan fingerprint density at radius 2 is 1.73 bits per heavy atom. The number of aryl methyl sites for hydroxylation is 1. The van der Waals surface area contributed by atoms with Gasteiger partial charge in [0.05, 0.1) is 0 Å². The molecule has 1 unspecified atom stereocenters. The van der Waals surface area contributed by atoms with Crippen LogP contribution >= 0.6 is 0 Å². The molecular formula is C11H16N2O2. The van der Waals surface area contributed by atoms with E-state index in [9.17, 15) is 5.11 Å². The third-order valence-electron chi connectivity index (χ3n) is 1.62. The standard InChI is InChI=1S/C11H16N2O2/c1-8-12-13-9(15-8)11(5,14)7-6-10(2,3)4/h14H,1-5H3. The minimum Gasteiger partial charge on any atom is -0.421 e. The molecular weight excluding hydrogens is 192 g/mol. The molecule has 1 rings (SSSR count). The lowest BCUT2D eigenvalue weighted by molar-refractivity contribution is 0.0877. The molecule has 0 saturated heterocycles. The fraction of sp³-hybridized carbons (Fsp3) is 0.636. The van der Waals surface area contributed by atoms with Gasteiger partial charge in [-0.2, -0.15) is 0 Å². The quantitative estimate of drug-likeness (QED) is 0.713. The Labute approximate surface area is 89.7 Å². The summed E-state index contributed by atoms with van der Waals surface area (Å²) in [6, 6.07) is 0. The molecule has 0 aliphatic rings. The fourth-order valence-corrected chi connectivity index (χ4v) is 0.856. The van der Waals surface area contributed by atoms with Gasteiger partial charge in [-0.1, -0.05) is 11.8 Å². The van der Waals surface area contributed by atoms with Crippen molar-refractivity contribution >= 4 is 0 Å². The number of hydrogen-bond donors (Lipinski definition) is 1. The first kappa shape index (κ1) is 11.7. The van der Waals surface area contributed by atoms with Gasteiger partial charge < -0.3 is 9.52 Å². The van der Waals surface area contributed by atoms with Crippen LogP contribution in [0.15, 0.2) is 4.42 Å². The molecule has 0 radical (unpaired) electrons. The second-order valence-electron chi connectivity index (χ2n) is 4.70. The maximum atomic E-state index is 9.99. The normalized spacial score (nSPS) is 15.3. The highest BCUT2D eigenvalue weighted by Gasteiger charge is 2.27. The molecule has 0 aliphatic carbocycles. The molecule has 1 aromatic heterocycles. The molecule has 0 spiro atoms. The second-order valence-corrected chi connectivity index (χ2v) is 4.70. The Morgan fingerprint density at radius 1 is 1.13 bits per heavy atom. The van der Waals surface area contributed by atoms with Gasteiger partial charge in [0.15, 0.2) is 0 Å². The van der Waals surface area contributed by atoms with Crippen LogP contribution in [0.3, 0.4) is 0 Å². The van der Waals surface area contributed by atoms with Crippen LogP contribution in [0.25, 0.3) is 0 Å². The Bertz CT molecular complexity index is 402. The summed E-state index contributed by atoms with van der Waals surface area (Å²) in [7, 11) is 0. The number of nitrogens with zero attached hydrogens (tertiary/aromatic N) is 2. The van der Waals surface area contributed by atoms with Crippen molar-refractivity contribution in [1.82, 2.24) is 10.2 Å². The van der Waals surface area contributed by atoms with Gasteiger partial charge in [0.25, 0.3) is 5.89 Å². The molecule has 1 atom stereocenters. The molecule has 0 bridgehead atoms. The smallest absolute Gasteiger partial charge is 0.260 e. The molecule has 1 N–H and O–H groups in total. The molecule has 0 saturated carbocycles. The van der Waals surface area contributed by atoms with Crippen LogP contribution in [0, 0.1) is 24.2 Å². The number of aliphatic hydroxyl groups is 1. The van der Waals surface area contributed by atoms with E-state index in [0.717, 1.165) is 0 Å². The van der Waals surface area contributed by atoms with Crippen molar-refractivity contribution in [3.63, 3.8) is 0 Å². The number of aromatic nitrogens is 2. The monoisotopic (exact) mass is 208 g/mol. The van der Waals surface area contributed by atoms with E-state index in [2.05, 4.69) is 22.0 Å². The van der Waals surface area contributed by atoms with Gasteiger partial charge in [-0.15, -0.1) is 10.2 Å². The number of hydrogen-bond acceptors (Lipinski definition) is 4. The summed E-state index contributed by atoms with van der Waals surface area (Å²) in [4.78, 5) is 0. The van der Waals surface area contributed by atoms with E-state index in [4.69, 9.17) is 4.42 Å². The highest BCUT2D eigenvalue weighted by molar-refractivity contribution is 5.20. The topological polar surface area (TPSA) is 59.2 Å².